The van der Waals surface area contributed by atoms with Crippen LogP contribution in [0.1, 0.15) is 18.1 Å². The fourth-order valence-electron chi connectivity index (χ4n) is 1.13. The Morgan fingerprint density at radius 3 is 2.57 bits per heavy atom. The zero-order valence-corrected chi connectivity index (χ0v) is 8.91. The number of thioether (sulfide) groups is 1. The number of rotatable bonds is 6. The molecule has 0 saturated carbocycles. The molecule has 3 heteroatoms. The fraction of sp³-hybridized carbons (Fsp3) is 0.455. The van der Waals surface area contributed by atoms with E-state index in [4.69, 9.17) is 5.11 Å². The molecular formula is C11H16O2S. The van der Waals surface area contributed by atoms with Gasteiger partial charge in [-0.25, -0.2) is 0 Å². The Morgan fingerprint density at radius 1 is 1.21 bits per heavy atom. The van der Waals surface area contributed by atoms with Crippen molar-refractivity contribution in [2.75, 3.05) is 18.1 Å². The highest BCUT2D eigenvalue weighted by Gasteiger charge is 2.05. The van der Waals surface area contributed by atoms with E-state index in [0.29, 0.717) is 5.75 Å². The van der Waals surface area contributed by atoms with Crippen LogP contribution in [0.3, 0.4) is 0 Å². The SMILES string of the molecule is OCCCSCC(O)c1ccccc1. The van der Waals surface area contributed by atoms with Crippen LogP contribution in [0.2, 0.25) is 0 Å². The Balaban J connectivity index is 2.25. The second-order valence-corrected chi connectivity index (χ2v) is 4.23. The van der Waals surface area contributed by atoms with Gasteiger partial charge in [0.15, 0.2) is 0 Å². The zero-order valence-electron chi connectivity index (χ0n) is 8.10. The molecule has 0 amide bonds. The Kier molecular flexibility index (Phi) is 5.68. The smallest absolute Gasteiger partial charge is 0.0880 e. The molecule has 1 aromatic carbocycles. The Hall–Kier alpha value is -0.510. The largest absolute Gasteiger partial charge is 0.396 e. The van der Waals surface area contributed by atoms with Crippen LogP contribution in [0, 0.1) is 0 Å². The van der Waals surface area contributed by atoms with Crippen LogP contribution in [0.25, 0.3) is 0 Å². The minimum absolute atomic E-state index is 0.231. The van der Waals surface area contributed by atoms with Gasteiger partial charge in [-0.15, -0.1) is 0 Å². The molecule has 1 rings (SSSR count). The van der Waals surface area contributed by atoms with Crippen molar-refractivity contribution < 1.29 is 10.2 Å². The van der Waals surface area contributed by atoms with Crippen molar-refractivity contribution in [3.05, 3.63) is 35.9 Å². The van der Waals surface area contributed by atoms with Crippen LogP contribution in [0.15, 0.2) is 30.3 Å². The van der Waals surface area contributed by atoms with Crippen molar-refractivity contribution in [2.24, 2.45) is 0 Å². The van der Waals surface area contributed by atoms with Crippen LogP contribution < -0.4 is 0 Å². The molecule has 0 aliphatic heterocycles. The molecule has 2 N–H and O–H groups in total. The van der Waals surface area contributed by atoms with Crippen molar-refractivity contribution in [1.82, 2.24) is 0 Å². The Labute approximate surface area is 89.0 Å². The molecular weight excluding hydrogens is 196 g/mol. The molecule has 0 fully saturated rings. The average molecular weight is 212 g/mol. The lowest BCUT2D eigenvalue weighted by molar-refractivity contribution is 0.204. The molecule has 0 aromatic heterocycles. The van der Waals surface area contributed by atoms with Crippen molar-refractivity contribution in [2.45, 2.75) is 12.5 Å². The first-order chi connectivity index (χ1) is 6.84. The highest BCUT2D eigenvalue weighted by Crippen LogP contribution is 2.17. The van der Waals surface area contributed by atoms with Crippen LogP contribution in [-0.4, -0.2) is 28.3 Å². The van der Waals surface area contributed by atoms with E-state index in [1.54, 1.807) is 11.8 Å². The van der Waals surface area contributed by atoms with E-state index in [2.05, 4.69) is 0 Å². The normalized spacial score (nSPS) is 12.7. The van der Waals surface area contributed by atoms with Gasteiger partial charge in [0.25, 0.3) is 0 Å². The quantitative estimate of drug-likeness (QED) is 0.707. The van der Waals surface area contributed by atoms with Gasteiger partial charge < -0.3 is 10.2 Å². The lowest BCUT2D eigenvalue weighted by Gasteiger charge is -2.09. The molecule has 14 heavy (non-hydrogen) atoms. The maximum absolute atomic E-state index is 9.74. The number of hydrogen-bond acceptors (Lipinski definition) is 3. The molecule has 0 aliphatic carbocycles. The van der Waals surface area contributed by atoms with Crippen molar-refractivity contribution >= 4 is 11.8 Å². The molecule has 0 heterocycles. The molecule has 0 saturated heterocycles. The summed E-state index contributed by atoms with van der Waals surface area (Å²) in [5, 5.41) is 18.3. The number of benzene rings is 1. The maximum Gasteiger partial charge on any atom is 0.0880 e. The van der Waals surface area contributed by atoms with E-state index in [-0.39, 0.29) is 12.7 Å². The molecule has 0 bridgehead atoms. The van der Waals surface area contributed by atoms with E-state index in [1.165, 1.54) is 0 Å². The standard InChI is InChI=1S/C11H16O2S/c12-7-4-8-14-9-11(13)10-5-2-1-3-6-10/h1-3,5-6,11-13H,4,7-9H2. The van der Waals surface area contributed by atoms with Crippen molar-refractivity contribution in [3.63, 3.8) is 0 Å². The van der Waals surface area contributed by atoms with Crippen LogP contribution in [0.5, 0.6) is 0 Å². The van der Waals surface area contributed by atoms with E-state index in [9.17, 15) is 5.11 Å². The van der Waals surface area contributed by atoms with E-state index in [1.807, 2.05) is 30.3 Å². The third-order valence-corrected chi connectivity index (χ3v) is 3.04. The van der Waals surface area contributed by atoms with Gasteiger partial charge in [-0.2, -0.15) is 11.8 Å². The van der Waals surface area contributed by atoms with Crippen LogP contribution >= 0.6 is 11.8 Å². The van der Waals surface area contributed by atoms with E-state index < -0.39 is 0 Å². The molecule has 2 nitrogen and oxygen atoms in total. The molecule has 0 radical (unpaired) electrons. The maximum atomic E-state index is 9.74. The molecule has 1 atom stereocenters. The van der Waals surface area contributed by atoms with Crippen molar-refractivity contribution in [3.8, 4) is 0 Å². The zero-order chi connectivity index (χ0) is 10.2. The second-order valence-electron chi connectivity index (χ2n) is 3.08. The first-order valence-corrected chi connectivity index (χ1v) is 5.91. The monoisotopic (exact) mass is 212 g/mol. The number of aliphatic hydroxyl groups excluding tert-OH is 2. The van der Waals surface area contributed by atoms with Gasteiger partial charge in [-0.05, 0) is 17.7 Å². The first kappa shape index (κ1) is 11.6. The molecule has 0 aliphatic rings. The van der Waals surface area contributed by atoms with Gasteiger partial charge in [0.05, 0.1) is 6.10 Å². The summed E-state index contributed by atoms with van der Waals surface area (Å²) in [4.78, 5) is 0. The number of hydrogen-bond donors (Lipinski definition) is 2. The van der Waals surface area contributed by atoms with Gasteiger partial charge >= 0.3 is 0 Å². The summed E-state index contributed by atoms with van der Waals surface area (Å²) in [6.07, 6.45) is 0.409. The summed E-state index contributed by atoms with van der Waals surface area (Å²) in [5.74, 6) is 1.60. The van der Waals surface area contributed by atoms with Gasteiger partial charge in [-0.3, -0.25) is 0 Å². The minimum Gasteiger partial charge on any atom is -0.396 e. The Morgan fingerprint density at radius 2 is 1.93 bits per heavy atom. The van der Waals surface area contributed by atoms with Gasteiger partial charge in [-0.1, -0.05) is 30.3 Å². The minimum atomic E-state index is -0.389. The molecule has 1 aromatic rings. The predicted octanol–water partition coefficient (Wildman–Crippen LogP) is 1.84. The highest BCUT2D eigenvalue weighted by molar-refractivity contribution is 7.99. The summed E-state index contributed by atoms with van der Waals surface area (Å²) < 4.78 is 0. The van der Waals surface area contributed by atoms with Gasteiger partial charge in [0.1, 0.15) is 0 Å². The lowest BCUT2D eigenvalue weighted by Crippen LogP contribution is -2.01. The lowest BCUT2D eigenvalue weighted by atomic mass is 10.1. The third kappa shape index (κ3) is 4.13. The van der Waals surface area contributed by atoms with Crippen molar-refractivity contribution in [1.29, 1.82) is 0 Å². The topological polar surface area (TPSA) is 40.5 Å². The number of aliphatic hydroxyl groups is 2. The van der Waals surface area contributed by atoms with E-state index in [0.717, 1.165) is 17.7 Å². The summed E-state index contributed by atoms with van der Waals surface area (Å²) >= 11 is 1.67. The fourth-order valence-corrected chi connectivity index (χ4v) is 2.05. The summed E-state index contributed by atoms with van der Waals surface area (Å²) in [6, 6.07) is 9.65. The summed E-state index contributed by atoms with van der Waals surface area (Å²) in [7, 11) is 0. The molecule has 1 unspecified atom stereocenters. The van der Waals surface area contributed by atoms with Crippen LogP contribution in [0.4, 0.5) is 0 Å². The van der Waals surface area contributed by atoms with Crippen LogP contribution in [-0.2, 0) is 0 Å². The van der Waals surface area contributed by atoms with Gasteiger partial charge in [0, 0.05) is 12.4 Å². The Bertz CT molecular complexity index is 238. The summed E-state index contributed by atoms with van der Waals surface area (Å²) in [6.45, 7) is 0.231. The van der Waals surface area contributed by atoms with E-state index >= 15 is 0 Å². The second kappa shape index (κ2) is 6.87. The molecule has 78 valence electrons. The average Bonchev–Trinajstić information content (AvgIpc) is 2.25. The first-order valence-electron chi connectivity index (χ1n) is 4.76. The molecule has 0 spiro atoms. The van der Waals surface area contributed by atoms with Gasteiger partial charge in [0.2, 0.25) is 0 Å². The predicted molar refractivity (Wildman–Crippen MR) is 60.4 cm³/mol. The third-order valence-electron chi connectivity index (χ3n) is 1.91. The highest BCUT2D eigenvalue weighted by atomic mass is 32.2. The summed E-state index contributed by atoms with van der Waals surface area (Å²) in [5.41, 5.74) is 0.962.